The van der Waals surface area contributed by atoms with Gasteiger partial charge in [0.25, 0.3) is 6.02 Å². The summed E-state index contributed by atoms with van der Waals surface area (Å²) in [6.45, 7) is 2.68. The van der Waals surface area contributed by atoms with Gasteiger partial charge in [-0.25, -0.2) is 4.99 Å². The summed E-state index contributed by atoms with van der Waals surface area (Å²) in [6, 6.07) is 6.46. The Labute approximate surface area is 120 Å². The third-order valence-electron chi connectivity index (χ3n) is 4.07. The van der Waals surface area contributed by atoms with Crippen LogP contribution in [0.5, 0.6) is 0 Å². The predicted molar refractivity (Wildman–Crippen MR) is 76.9 cm³/mol. The van der Waals surface area contributed by atoms with E-state index >= 15 is 0 Å². The molecule has 0 amide bonds. The summed E-state index contributed by atoms with van der Waals surface area (Å²) in [7, 11) is 0. The van der Waals surface area contributed by atoms with E-state index in [4.69, 9.17) is 10.5 Å². The van der Waals surface area contributed by atoms with Crippen molar-refractivity contribution in [2.45, 2.75) is 25.3 Å². The highest BCUT2D eigenvalue weighted by atomic mass is 79.9. The fourth-order valence-electron chi connectivity index (χ4n) is 3.27. The first kappa shape index (κ1) is 12.9. The maximum absolute atomic E-state index is 9.71. The highest BCUT2D eigenvalue weighted by molar-refractivity contribution is 9.10. The van der Waals surface area contributed by atoms with Gasteiger partial charge >= 0.3 is 0 Å². The topological polar surface area (TPSA) is 67.8 Å². The lowest BCUT2D eigenvalue weighted by molar-refractivity contribution is 0.0801. The zero-order valence-electron chi connectivity index (χ0n) is 10.8. The molecule has 2 unspecified atom stereocenters. The lowest BCUT2D eigenvalue weighted by atomic mass is 9.65. The molecule has 2 atom stereocenters. The Morgan fingerprint density at radius 3 is 2.95 bits per heavy atom. The first-order chi connectivity index (χ1) is 8.96. The predicted octanol–water partition coefficient (Wildman–Crippen LogP) is 1.93. The van der Waals surface area contributed by atoms with Crippen LogP contribution in [-0.4, -0.2) is 24.3 Å². The summed E-state index contributed by atoms with van der Waals surface area (Å²) in [5.41, 5.74) is 7.47. The highest BCUT2D eigenvalue weighted by Crippen LogP contribution is 2.49. The zero-order chi connectivity index (χ0) is 13.7. The van der Waals surface area contributed by atoms with Gasteiger partial charge in [-0.2, -0.15) is 0 Å². The van der Waals surface area contributed by atoms with Crippen molar-refractivity contribution in [3.05, 3.63) is 33.8 Å². The molecule has 19 heavy (non-hydrogen) atoms. The van der Waals surface area contributed by atoms with E-state index in [0.717, 1.165) is 22.9 Å². The molecule has 4 nitrogen and oxygen atoms in total. The normalized spacial score (nSPS) is 32.9. The van der Waals surface area contributed by atoms with Gasteiger partial charge in [-0.05, 0) is 41.5 Å². The number of aliphatic hydroxyl groups is 1. The van der Waals surface area contributed by atoms with E-state index in [1.165, 1.54) is 5.56 Å². The van der Waals surface area contributed by atoms with Crippen LogP contribution in [0.25, 0.3) is 0 Å². The number of aliphatic imine (C=N–C) groups is 1. The molecule has 1 spiro atoms. The number of amidine groups is 1. The maximum atomic E-state index is 9.71. The summed E-state index contributed by atoms with van der Waals surface area (Å²) in [5.74, 6) is 0. The van der Waals surface area contributed by atoms with Gasteiger partial charge in [0.1, 0.15) is 12.1 Å². The average molecular weight is 325 g/mol. The number of hydrogen-bond donors (Lipinski definition) is 2. The Morgan fingerprint density at radius 1 is 1.53 bits per heavy atom. The number of nitrogens with two attached hydrogens (primary N) is 1. The third-order valence-corrected chi connectivity index (χ3v) is 4.57. The van der Waals surface area contributed by atoms with Crippen LogP contribution >= 0.6 is 15.9 Å². The summed E-state index contributed by atoms with van der Waals surface area (Å²) >= 11 is 3.51. The lowest BCUT2D eigenvalue weighted by Gasteiger charge is -2.42. The van der Waals surface area contributed by atoms with Crippen LogP contribution in [0.1, 0.15) is 24.5 Å². The molecule has 3 N–H and O–H groups in total. The summed E-state index contributed by atoms with van der Waals surface area (Å²) < 4.78 is 6.44. The fourth-order valence-corrected chi connectivity index (χ4v) is 3.63. The minimum absolute atomic E-state index is 0.139. The van der Waals surface area contributed by atoms with Crippen LogP contribution in [0.15, 0.2) is 27.7 Å². The SMILES string of the molecule is CC1(CO)Cc2ccc(Br)cc2C2(COC(N)=N2)C1. The minimum Gasteiger partial charge on any atom is -0.462 e. The zero-order valence-corrected chi connectivity index (χ0v) is 12.4. The van der Waals surface area contributed by atoms with Crippen LogP contribution in [0, 0.1) is 5.41 Å². The Hall–Kier alpha value is -1.07. The van der Waals surface area contributed by atoms with Gasteiger partial charge in [0.15, 0.2) is 0 Å². The molecule has 3 rings (SSSR count). The number of fused-ring (bicyclic) bond motifs is 2. The number of aliphatic hydroxyl groups excluding tert-OH is 1. The van der Waals surface area contributed by atoms with Gasteiger partial charge in [0.05, 0.1) is 0 Å². The molecular formula is C14H17BrN2O2. The number of rotatable bonds is 1. The van der Waals surface area contributed by atoms with Crippen LogP contribution in [0.3, 0.4) is 0 Å². The molecule has 0 saturated carbocycles. The molecule has 1 aromatic rings. The number of halogens is 1. The number of nitrogens with zero attached hydrogens (tertiary/aromatic N) is 1. The van der Waals surface area contributed by atoms with Crippen molar-refractivity contribution in [2.75, 3.05) is 13.2 Å². The second-order valence-electron chi connectivity index (χ2n) is 5.89. The smallest absolute Gasteiger partial charge is 0.283 e. The van der Waals surface area contributed by atoms with Crippen LogP contribution in [0.4, 0.5) is 0 Å². The summed E-state index contributed by atoms with van der Waals surface area (Å²) in [6.07, 6.45) is 1.60. The van der Waals surface area contributed by atoms with Crippen LogP contribution in [-0.2, 0) is 16.7 Å². The largest absolute Gasteiger partial charge is 0.462 e. The third kappa shape index (κ3) is 2.05. The molecule has 0 bridgehead atoms. The second kappa shape index (κ2) is 4.21. The number of hydrogen-bond acceptors (Lipinski definition) is 4. The van der Waals surface area contributed by atoms with Crippen LogP contribution < -0.4 is 5.73 Å². The van der Waals surface area contributed by atoms with E-state index in [1.807, 2.05) is 6.07 Å². The first-order valence-corrected chi connectivity index (χ1v) is 7.14. The minimum atomic E-state index is -0.446. The van der Waals surface area contributed by atoms with E-state index in [2.05, 4.69) is 40.0 Å². The molecule has 2 aliphatic rings. The van der Waals surface area contributed by atoms with Gasteiger partial charge in [-0.15, -0.1) is 0 Å². The average Bonchev–Trinajstić information content (AvgIpc) is 2.73. The van der Waals surface area contributed by atoms with E-state index in [9.17, 15) is 5.11 Å². The van der Waals surface area contributed by atoms with Crippen molar-refractivity contribution in [1.82, 2.24) is 0 Å². The van der Waals surface area contributed by atoms with Crippen LogP contribution in [0.2, 0.25) is 0 Å². The van der Waals surface area contributed by atoms with E-state index in [0.29, 0.717) is 6.61 Å². The van der Waals surface area contributed by atoms with Crippen molar-refractivity contribution < 1.29 is 9.84 Å². The summed E-state index contributed by atoms with van der Waals surface area (Å²) in [4.78, 5) is 4.55. The molecule has 1 aliphatic heterocycles. The molecular weight excluding hydrogens is 308 g/mol. The van der Waals surface area contributed by atoms with Crippen molar-refractivity contribution in [3.63, 3.8) is 0 Å². The molecule has 0 aromatic heterocycles. The molecule has 1 aliphatic carbocycles. The van der Waals surface area contributed by atoms with Gasteiger partial charge in [-0.1, -0.05) is 28.9 Å². The van der Waals surface area contributed by atoms with E-state index in [1.54, 1.807) is 0 Å². The molecule has 5 heteroatoms. The summed E-state index contributed by atoms with van der Waals surface area (Å²) in [5, 5.41) is 9.71. The number of ether oxygens (including phenoxy) is 1. The van der Waals surface area contributed by atoms with Crippen molar-refractivity contribution in [3.8, 4) is 0 Å². The van der Waals surface area contributed by atoms with E-state index < -0.39 is 5.54 Å². The van der Waals surface area contributed by atoms with Crippen molar-refractivity contribution in [1.29, 1.82) is 0 Å². The monoisotopic (exact) mass is 324 g/mol. The van der Waals surface area contributed by atoms with Gasteiger partial charge in [-0.3, -0.25) is 0 Å². The quantitative estimate of drug-likeness (QED) is 0.829. The molecule has 1 heterocycles. The Kier molecular flexibility index (Phi) is 2.87. The molecule has 0 radical (unpaired) electrons. The van der Waals surface area contributed by atoms with Crippen molar-refractivity contribution >= 4 is 22.0 Å². The Morgan fingerprint density at radius 2 is 2.32 bits per heavy atom. The lowest BCUT2D eigenvalue weighted by Crippen LogP contribution is -2.42. The second-order valence-corrected chi connectivity index (χ2v) is 6.81. The van der Waals surface area contributed by atoms with Gasteiger partial charge in [0.2, 0.25) is 0 Å². The Bertz CT molecular complexity index is 560. The first-order valence-electron chi connectivity index (χ1n) is 6.34. The van der Waals surface area contributed by atoms with Crippen molar-refractivity contribution in [2.24, 2.45) is 16.1 Å². The molecule has 0 saturated heterocycles. The van der Waals surface area contributed by atoms with Gasteiger partial charge in [0, 0.05) is 11.1 Å². The molecule has 1 aromatic carbocycles. The molecule has 0 fully saturated rings. The molecule has 102 valence electrons. The highest BCUT2D eigenvalue weighted by Gasteiger charge is 2.48. The van der Waals surface area contributed by atoms with Gasteiger partial charge < -0.3 is 15.6 Å². The fraction of sp³-hybridized carbons (Fsp3) is 0.500. The Balaban J connectivity index is 2.17. The maximum Gasteiger partial charge on any atom is 0.283 e. The standard InChI is InChI=1S/C14H17BrN2O2/c1-13(7-18)5-9-2-3-10(15)4-11(9)14(6-13)8-19-12(16)17-14/h2-4,18H,5-8H2,1H3,(H2,16,17). The van der Waals surface area contributed by atoms with E-state index in [-0.39, 0.29) is 18.0 Å². The number of benzene rings is 1.